The molecule has 0 bridgehead atoms. The molecule has 96 valence electrons. The maximum absolute atomic E-state index is 9.76. The zero-order valence-corrected chi connectivity index (χ0v) is 11.8. The molecule has 17 heavy (non-hydrogen) atoms. The molecular formula is C13H20BrNO2. The van der Waals surface area contributed by atoms with Crippen LogP contribution in [0.15, 0.2) is 22.7 Å². The summed E-state index contributed by atoms with van der Waals surface area (Å²) in [6.07, 6.45) is 2.06. The highest BCUT2D eigenvalue weighted by Gasteiger charge is 2.03. The molecular weight excluding hydrogens is 282 g/mol. The Balaban J connectivity index is 2.16. The van der Waals surface area contributed by atoms with E-state index in [2.05, 4.69) is 28.2 Å². The van der Waals surface area contributed by atoms with E-state index in [9.17, 15) is 5.11 Å². The third-order valence-corrected chi connectivity index (χ3v) is 3.02. The van der Waals surface area contributed by atoms with Gasteiger partial charge in [-0.1, -0.05) is 19.1 Å². The Morgan fingerprint density at radius 1 is 1.35 bits per heavy atom. The lowest BCUT2D eigenvalue weighted by atomic mass is 10.2. The quantitative estimate of drug-likeness (QED) is 0.725. The second kappa shape index (κ2) is 8.50. The number of rotatable bonds is 8. The number of para-hydroxylation sites is 1. The van der Waals surface area contributed by atoms with Gasteiger partial charge in [0.05, 0.1) is 4.47 Å². The van der Waals surface area contributed by atoms with Gasteiger partial charge in [-0.2, -0.15) is 0 Å². The summed E-state index contributed by atoms with van der Waals surface area (Å²) in [5.41, 5.74) is 0.911. The van der Waals surface area contributed by atoms with Crippen molar-refractivity contribution in [2.45, 2.75) is 26.3 Å². The minimum absolute atomic E-state index is 0.322. The molecule has 3 nitrogen and oxygen atoms in total. The summed E-state index contributed by atoms with van der Waals surface area (Å²) in [6.45, 7) is 5.32. The standard InChI is InChI=1S/C13H20BrNO2/c1-2-8-17-9-4-7-15-10-11-5-3-6-12(14)13(11)16/h3,5-6,15-16H,2,4,7-10H2,1H3. The summed E-state index contributed by atoms with van der Waals surface area (Å²) in [5, 5.41) is 13.0. The molecule has 0 spiro atoms. The molecule has 0 amide bonds. The first-order valence-electron chi connectivity index (χ1n) is 6.00. The van der Waals surface area contributed by atoms with Crippen LogP contribution in [0.4, 0.5) is 0 Å². The van der Waals surface area contributed by atoms with Gasteiger partial charge in [-0.25, -0.2) is 0 Å². The Hall–Kier alpha value is -0.580. The van der Waals surface area contributed by atoms with Gasteiger partial charge >= 0.3 is 0 Å². The van der Waals surface area contributed by atoms with E-state index in [4.69, 9.17) is 4.74 Å². The van der Waals surface area contributed by atoms with E-state index in [1.807, 2.05) is 18.2 Å². The van der Waals surface area contributed by atoms with Crippen molar-refractivity contribution in [2.24, 2.45) is 0 Å². The molecule has 0 aliphatic carbocycles. The van der Waals surface area contributed by atoms with E-state index in [1.54, 1.807) is 0 Å². The van der Waals surface area contributed by atoms with Crippen molar-refractivity contribution in [1.29, 1.82) is 0 Å². The van der Waals surface area contributed by atoms with Crippen LogP contribution < -0.4 is 5.32 Å². The summed E-state index contributed by atoms with van der Waals surface area (Å²) in [4.78, 5) is 0. The van der Waals surface area contributed by atoms with Gasteiger partial charge in [-0.15, -0.1) is 0 Å². The lowest BCUT2D eigenvalue weighted by Crippen LogP contribution is -2.16. The molecule has 0 aliphatic rings. The number of hydrogen-bond acceptors (Lipinski definition) is 3. The van der Waals surface area contributed by atoms with Crippen LogP contribution in [0.3, 0.4) is 0 Å². The number of hydrogen-bond donors (Lipinski definition) is 2. The summed E-state index contributed by atoms with van der Waals surface area (Å²) in [5.74, 6) is 0.322. The van der Waals surface area contributed by atoms with Gasteiger partial charge in [-0.3, -0.25) is 0 Å². The Morgan fingerprint density at radius 3 is 2.94 bits per heavy atom. The number of aromatic hydroxyl groups is 1. The van der Waals surface area contributed by atoms with E-state index < -0.39 is 0 Å². The number of phenolic OH excluding ortho intramolecular Hbond substituents is 1. The van der Waals surface area contributed by atoms with Gasteiger partial charge in [0.25, 0.3) is 0 Å². The lowest BCUT2D eigenvalue weighted by molar-refractivity contribution is 0.132. The minimum atomic E-state index is 0.322. The van der Waals surface area contributed by atoms with Crippen molar-refractivity contribution < 1.29 is 9.84 Å². The normalized spacial score (nSPS) is 10.7. The summed E-state index contributed by atoms with van der Waals surface area (Å²) < 4.78 is 6.12. The largest absolute Gasteiger partial charge is 0.506 e. The molecule has 0 unspecified atom stereocenters. The Bertz CT molecular complexity index is 331. The first kappa shape index (κ1) is 14.5. The van der Waals surface area contributed by atoms with Gasteiger partial charge in [0.15, 0.2) is 0 Å². The molecule has 0 heterocycles. The SMILES string of the molecule is CCCOCCCNCc1cccc(Br)c1O. The number of halogens is 1. The maximum atomic E-state index is 9.76. The summed E-state index contributed by atoms with van der Waals surface area (Å²) in [6, 6.07) is 5.67. The van der Waals surface area contributed by atoms with Crippen molar-refractivity contribution in [3.63, 3.8) is 0 Å². The van der Waals surface area contributed by atoms with Crippen LogP contribution in [-0.4, -0.2) is 24.9 Å². The Morgan fingerprint density at radius 2 is 2.18 bits per heavy atom. The zero-order chi connectivity index (χ0) is 12.5. The molecule has 0 fully saturated rings. The summed E-state index contributed by atoms with van der Waals surface area (Å²) >= 11 is 3.30. The van der Waals surface area contributed by atoms with E-state index in [-0.39, 0.29) is 0 Å². The molecule has 1 rings (SSSR count). The number of nitrogens with one attached hydrogen (secondary N) is 1. The first-order chi connectivity index (χ1) is 8.25. The Labute approximate surface area is 111 Å². The molecule has 1 aromatic rings. The number of phenols is 1. The smallest absolute Gasteiger partial charge is 0.134 e. The molecule has 0 atom stereocenters. The zero-order valence-electron chi connectivity index (χ0n) is 10.2. The van der Waals surface area contributed by atoms with Crippen LogP contribution in [0, 0.1) is 0 Å². The van der Waals surface area contributed by atoms with Gasteiger partial charge < -0.3 is 15.2 Å². The third-order valence-electron chi connectivity index (χ3n) is 2.38. The minimum Gasteiger partial charge on any atom is -0.506 e. The highest BCUT2D eigenvalue weighted by molar-refractivity contribution is 9.10. The molecule has 1 aromatic carbocycles. The van der Waals surface area contributed by atoms with Crippen molar-refractivity contribution in [2.75, 3.05) is 19.8 Å². The fourth-order valence-electron chi connectivity index (χ4n) is 1.47. The van der Waals surface area contributed by atoms with Gasteiger partial charge in [0.1, 0.15) is 5.75 Å². The van der Waals surface area contributed by atoms with Crippen LogP contribution >= 0.6 is 15.9 Å². The molecule has 2 N–H and O–H groups in total. The van der Waals surface area contributed by atoms with Crippen LogP contribution in [-0.2, 0) is 11.3 Å². The van der Waals surface area contributed by atoms with Gasteiger partial charge in [0, 0.05) is 25.3 Å². The highest BCUT2D eigenvalue weighted by Crippen LogP contribution is 2.26. The highest BCUT2D eigenvalue weighted by atomic mass is 79.9. The van der Waals surface area contributed by atoms with Crippen LogP contribution in [0.1, 0.15) is 25.3 Å². The van der Waals surface area contributed by atoms with Crippen molar-refractivity contribution >= 4 is 15.9 Å². The molecule has 0 aliphatic heterocycles. The summed E-state index contributed by atoms with van der Waals surface area (Å²) in [7, 11) is 0. The maximum Gasteiger partial charge on any atom is 0.134 e. The average Bonchev–Trinajstić information content (AvgIpc) is 2.33. The van der Waals surface area contributed by atoms with Crippen molar-refractivity contribution in [3.8, 4) is 5.75 Å². The molecule has 0 radical (unpaired) electrons. The predicted molar refractivity (Wildman–Crippen MR) is 73.2 cm³/mol. The molecule has 0 aromatic heterocycles. The molecule has 0 saturated heterocycles. The Kier molecular flexibility index (Phi) is 7.24. The number of benzene rings is 1. The third kappa shape index (κ3) is 5.52. The van der Waals surface area contributed by atoms with E-state index in [0.29, 0.717) is 12.3 Å². The lowest BCUT2D eigenvalue weighted by Gasteiger charge is -2.08. The van der Waals surface area contributed by atoms with Gasteiger partial charge in [0.2, 0.25) is 0 Å². The fraction of sp³-hybridized carbons (Fsp3) is 0.538. The van der Waals surface area contributed by atoms with E-state index >= 15 is 0 Å². The topological polar surface area (TPSA) is 41.5 Å². The monoisotopic (exact) mass is 301 g/mol. The second-order valence-electron chi connectivity index (χ2n) is 3.89. The van der Waals surface area contributed by atoms with E-state index in [1.165, 1.54) is 0 Å². The second-order valence-corrected chi connectivity index (χ2v) is 4.74. The van der Waals surface area contributed by atoms with Crippen LogP contribution in [0.25, 0.3) is 0 Å². The number of ether oxygens (including phenoxy) is 1. The first-order valence-corrected chi connectivity index (χ1v) is 6.79. The van der Waals surface area contributed by atoms with Gasteiger partial charge in [-0.05, 0) is 41.4 Å². The van der Waals surface area contributed by atoms with Crippen LogP contribution in [0.5, 0.6) is 5.75 Å². The fourth-order valence-corrected chi connectivity index (χ4v) is 1.88. The predicted octanol–water partition coefficient (Wildman–Crippen LogP) is 3.06. The average molecular weight is 302 g/mol. The molecule has 0 saturated carbocycles. The molecule has 4 heteroatoms. The van der Waals surface area contributed by atoms with Crippen molar-refractivity contribution in [1.82, 2.24) is 5.32 Å². The van der Waals surface area contributed by atoms with E-state index in [0.717, 1.165) is 42.6 Å². The van der Waals surface area contributed by atoms with Crippen molar-refractivity contribution in [3.05, 3.63) is 28.2 Å². The van der Waals surface area contributed by atoms with Crippen LogP contribution in [0.2, 0.25) is 0 Å².